The quantitative estimate of drug-likeness (QED) is 0.254. The Bertz CT molecular complexity index is 698. The second-order valence-electron chi connectivity index (χ2n) is 4.87. The summed E-state index contributed by atoms with van der Waals surface area (Å²) >= 11 is 0. The van der Waals surface area contributed by atoms with Crippen molar-refractivity contribution in [2.75, 3.05) is 14.2 Å². The van der Waals surface area contributed by atoms with Gasteiger partial charge in [0.05, 0.1) is 30.3 Å². The van der Waals surface area contributed by atoms with Crippen LogP contribution in [-0.2, 0) is 30.7 Å². The highest BCUT2D eigenvalue weighted by Crippen LogP contribution is 2.41. The maximum absolute atomic E-state index is 13.0. The lowest BCUT2D eigenvalue weighted by Crippen LogP contribution is -2.45. The minimum atomic E-state index is -4.85. The van der Waals surface area contributed by atoms with Crippen LogP contribution in [-0.4, -0.2) is 31.1 Å². The van der Waals surface area contributed by atoms with Gasteiger partial charge in [-0.05, 0) is 18.6 Å². The molecule has 0 heterocycles. The van der Waals surface area contributed by atoms with Gasteiger partial charge in [0.2, 0.25) is 0 Å². The van der Waals surface area contributed by atoms with E-state index in [1.165, 1.54) is 0 Å². The highest BCUT2D eigenvalue weighted by atomic mass is 19.4. The van der Waals surface area contributed by atoms with E-state index in [1.54, 1.807) is 0 Å². The molecule has 1 aromatic rings. The summed E-state index contributed by atoms with van der Waals surface area (Å²) in [5.41, 5.74) is -5.40. The summed E-state index contributed by atoms with van der Waals surface area (Å²) in [4.78, 5) is 34.8. The zero-order valence-electron chi connectivity index (χ0n) is 13.3. The molecule has 0 aromatic heterocycles. The molecule has 0 bridgehead atoms. The Hall–Kier alpha value is -2.91. The van der Waals surface area contributed by atoms with Crippen molar-refractivity contribution in [3.63, 3.8) is 0 Å². The topological polar surface area (TPSA) is 95.7 Å². The number of allylic oxidation sites excluding steroid dienone is 1. The minimum Gasteiger partial charge on any atom is -0.468 e. The fraction of sp³-hybridized carbons (Fsp3) is 0.333. The SMILES string of the molecule is C=CCC(C(=O)OC)(C(=O)OC)c1cc(C(F)(F)F)ccc1[N+](=O)[O-]. The molecule has 25 heavy (non-hydrogen) atoms. The van der Waals surface area contributed by atoms with Crippen LogP contribution in [0, 0.1) is 10.1 Å². The predicted molar refractivity (Wildman–Crippen MR) is 78.6 cm³/mol. The summed E-state index contributed by atoms with van der Waals surface area (Å²) in [5, 5.41) is 11.2. The van der Waals surface area contributed by atoms with Crippen molar-refractivity contribution in [3.8, 4) is 0 Å². The minimum absolute atomic E-state index is 0.371. The van der Waals surface area contributed by atoms with E-state index < -0.39 is 51.7 Å². The van der Waals surface area contributed by atoms with Crippen LogP contribution in [0.5, 0.6) is 0 Å². The number of carbonyl (C=O) groups excluding carboxylic acids is 2. The maximum Gasteiger partial charge on any atom is 0.416 e. The van der Waals surface area contributed by atoms with Crippen LogP contribution in [0.4, 0.5) is 18.9 Å². The van der Waals surface area contributed by atoms with E-state index in [2.05, 4.69) is 16.1 Å². The van der Waals surface area contributed by atoms with Gasteiger partial charge in [-0.15, -0.1) is 6.58 Å². The fourth-order valence-electron chi connectivity index (χ4n) is 2.36. The van der Waals surface area contributed by atoms with Gasteiger partial charge in [-0.25, -0.2) is 0 Å². The molecule has 0 aliphatic heterocycles. The van der Waals surface area contributed by atoms with E-state index in [9.17, 15) is 32.9 Å². The first-order valence-corrected chi connectivity index (χ1v) is 6.70. The number of carbonyl (C=O) groups is 2. The summed E-state index contributed by atoms with van der Waals surface area (Å²) in [6.45, 7) is 3.34. The Morgan fingerprint density at radius 3 is 2.12 bits per heavy atom. The lowest BCUT2D eigenvalue weighted by atomic mass is 9.76. The average molecular weight is 361 g/mol. The Kier molecular flexibility index (Phi) is 5.90. The number of nitrogens with zero attached hydrogens (tertiary/aromatic N) is 1. The molecule has 0 fully saturated rings. The second kappa shape index (κ2) is 7.32. The van der Waals surface area contributed by atoms with Crippen molar-refractivity contribution in [2.45, 2.75) is 18.0 Å². The lowest BCUT2D eigenvalue weighted by Gasteiger charge is -2.27. The van der Waals surface area contributed by atoms with E-state index in [0.29, 0.717) is 18.2 Å². The van der Waals surface area contributed by atoms with Gasteiger partial charge in [-0.3, -0.25) is 19.7 Å². The summed E-state index contributed by atoms with van der Waals surface area (Å²) < 4.78 is 48.1. The molecule has 0 amide bonds. The summed E-state index contributed by atoms with van der Waals surface area (Å²) in [5.74, 6) is -2.61. The van der Waals surface area contributed by atoms with Gasteiger partial charge in [0.25, 0.3) is 5.69 Å². The molecule has 0 N–H and O–H groups in total. The van der Waals surface area contributed by atoms with Gasteiger partial charge in [0.1, 0.15) is 0 Å². The Morgan fingerprint density at radius 1 is 1.24 bits per heavy atom. The Balaban J connectivity index is 3.94. The largest absolute Gasteiger partial charge is 0.468 e. The molecule has 0 saturated carbocycles. The summed E-state index contributed by atoms with van der Waals surface area (Å²) in [7, 11) is 1.78. The van der Waals surface area contributed by atoms with Crippen LogP contribution < -0.4 is 0 Å². The van der Waals surface area contributed by atoms with E-state index in [-0.39, 0.29) is 0 Å². The molecule has 0 aliphatic carbocycles. The number of nitro groups is 1. The molecule has 10 heteroatoms. The van der Waals surface area contributed by atoms with Crippen LogP contribution in [0.25, 0.3) is 0 Å². The number of hydrogen-bond acceptors (Lipinski definition) is 6. The first kappa shape index (κ1) is 20.1. The highest BCUT2D eigenvalue weighted by molar-refractivity contribution is 6.07. The van der Waals surface area contributed by atoms with Gasteiger partial charge in [-0.2, -0.15) is 13.2 Å². The zero-order valence-corrected chi connectivity index (χ0v) is 13.3. The molecule has 136 valence electrons. The van der Waals surface area contributed by atoms with Crippen molar-refractivity contribution in [2.24, 2.45) is 0 Å². The average Bonchev–Trinajstić information content (AvgIpc) is 2.56. The molecule has 7 nitrogen and oxygen atoms in total. The maximum atomic E-state index is 13.0. The first-order valence-electron chi connectivity index (χ1n) is 6.70. The number of nitro benzene ring substituents is 1. The number of methoxy groups -OCH3 is 2. The van der Waals surface area contributed by atoms with E-state index in [0.717, 1.165) is 20.3 Å². The van der Waals surface area contributed by atoms with Crippen molar-refractivity contribution < 1.29 is 37.2 Å². The van der Waals surface area contributed by atoms with Crippen molar-refractivity contribution in [1.29, 1.82) is 0 Å². The number of ether oxygens (including phenoxy) is 2. The third-order valence-corrected chi connectivity index (χ3v) is 3.50. The highest BCUT2D eigenvalue weighted by Gasteiger charge is 2.53. The first-order chi connectivity index (χ1) is 11.6. The van der Waals surface area contributed by atoms with Crippen LogP contribution in [0.2, 0.25) is 0 Å². The van der Waals surface area contributed by atoms with Crippen LogP contribution in [0.15, 0.2) is 30.9 Å². The third-order valence-electron chi connectivity index (χ3n) is 3.50. The van der Waals surface area contributed by atoms with Crippen LogP contribution in [0.1, 0.15) is 17.5 Å². The number of alkyl halides is 3. The van der Waals surface area contributed by atoms with Gasteiger partial charge in [0, 0.05) is 6.07 Å². The molecule has 0 radical (unpaired) electrons. The van der Waals surface area contributed by atoms with Crippen molar-refractivity contribution >= 4 is 17.6 Å². The standard InChI is InChI=1S/C15H14F3NO6/c1-4-7-14(12(20)24-2,13(21)25-3)10-8-9(15(16,17)18)5-6-11(10)19(22)23/h4-6,8H,1,7H2,2-3H3. The molecule has 0 spiro atoms. The number of hydrogen-bond donors (Lipinski definition) is 0. The second-order valence-corrected chi connectivity index (χ2v) is 4.87. The normalized spacial score (nSPS) is 11.6. The monoisotopic (exact) mass is 361 g/mol. The van der Waals surface area contributed by atoms with Crippen molar-refractivity contribution in [3.05, 3.63) is 52.1 Å². The smallest absolute Gasteiger partial charge is 0.416 e. The molecule has 0 unspecified atom stereocenters. The Labute approximate surface area is 140 Å². The van der Waals surface area contributed by atoms with E-state index in [4.69, 9.17) is 0 Å². The van der Waals surface area contributed by atoms with Gasteiger partial charge >= 0.3 is 18.1 Å². The number of rotatable bonds is 6. The van der Waals surface area contributed by atoms with Crippen LogP contribution >= 0.6 is 0 Å². The third kappa shape index (κ3) is 3.62. The molecular weight excluding hydrogens is 347 g/mol. The zero-order chi connectivity index (χ0) is 19.4. The summed E-state index contributed by atoms with van der Waals surface area (Å²) in [6, 6.07) is 1.42. The summed E-state index contributed by atoms with van der Waals surface area (Å²) in [6.07, 6.45) is -4.36. The molecular formula is C15H14F3NO6. The molecule has 0 aliphatic rings. The van der Waals surface area contributed by atoms with Crippen molar-refractivity contribution in [1.82, 2.24) is 0 Å². The van der Waals surface area contributed by atoms with Crippen LogP contribution in [0.3, 0.4) is 0 Å². The number of halogens is 3. The molecule has 1 aromatic carbocycles. The van der Waals surface area contributed by atoms with E-state index in [1.807, 2.05) is 0 Å². The van der Waals surface area contributed by atoms with E-state index >= 15 is 0 Å². The molecule has 0 atom stereocenters. The predicted octanol–water partition coefficient (Wildman–Crippen LogP) is 2.77. The van der Waals surface area contributed by atoms with Gasteiger partial charge in [-0.1, -0.05) is 6.08 Å². The lowest BCUT2D eigenvalue weighted by molar-refractivity contribution is -0.386. The number of benzene rings is 1. The van der Waals surface area contributed by atoms with Gasteiger partial charge in [0.15, 0.2) is 5.41 Å². The molecule has 1 rings (SSSR count). The van der Waals surface area contributed by atoms with Gasteiger partial charge < -0.3 is 9.47 Å². The molecule has 0 saturated heterocycles. The number of esters is 2. The Morgan fingerprint density at radius 2 is 1.76 bits per heavy atom. The fourth-order valence-corrected chi connectivity index (χ4v) is 2.36.